The third-order valence-corrected chi connectivity index (χ3v) is 2.96. The lowest BCUT2D eigenvalue weighted by Gasteiger charge is -2.07. The molecule has 0 atom stereocenters. The molecule has 0 N–H and O–H groups in total. The van der Waals surface area contributed by atoms with Crippen LogP contribution in [0.2, 0.25) is 0 Å². The first-order chi connectivity index (χ1) is 12.9. The van der Waals surface area contributed by atoms with Crippen LogP contribution in [0.25, 0.3) is 0 Å². The molecule has 0 aliphatic rings. The zero-order valence-corrected chi connectivity index (χ0v) is 15.5. The van der Waals surface area contributed by atoms with Crippen LogP contribution < -0.4 is 0 Å². The summed E-state index contributed by atoms with van der Waals surface area (Å²) in [4.78, 5) is 0. The number of hydrogen-bond acceptors (Lipinski definition) is 6. The van der Waals surface area contributed by atoms with Crippen LogP contribution in [0.3, 0.4) is 0 Å². The Morgan fingerprint density at radius 1 is 0.500 bits per heavy atom. The highest BCUT2D eigenvalue weighted by Crippen LogP contribution is 2.02. The van der Waals surface area contributed by atoms with Gasteiger partial charge in [0.1, 0.15) is 27.2 Å². The van der Waals surface area contributed by atoms with Gasteiger partial charge in [0, 0.05) is 14.2 Å². The summed E-state index contributed by atoms with van der Waals surface area (Å²) < 4.78 is 29.7. The van der Waals surface area contributed by atoms with Gasteiger partial charge in [0.05, 0.1) is 13.2 Å². The molecule has 2 aromatic carbocycles. The summed E-state index contributed by atoms with van der Waals surface area (Å²) in [5.74, 6) is 0. The van der Waals surface area contributed by atoms with E-state index >= 15 is 0 Å². The van der Waals surface area contributed by atoms with Crippen LogP contribution in [-0.2, 0) is 41.6 Å². The minimum Gasteiger partial charge on any atom is -0.359 e. The van der Waals surface area contributed by atoms with E-state index in [9.17, 15) is 0 Å². The van der Waals surface area contributed by atoms with Crippen molar-refractivity contribution in [1.82, 2.24) is 0 Å². The lowest BCUT2D eigenvalue weighted by Crippen LogP contribution is -2.04. The summed E-state index contributed by atoms with van der Waals surface area (Å²) >= 11 is 0. The lowest BCUT2D eigenvalue weighted by molar-refractivity contribution is -0.139. The van der Waals surface area contributed by atoms with E-state index in [1.807, 2.05) is 60.7 Å². The van der Waals surface area contributed by atoms with Crippen LogP contribution in [0.15, 0.2) is 60.7 Å². The Labute approximate surface area is 155 Å². The van der Waals surface area contributed by atoms with Crippen molar-refractivity contribution < 1.29 is 28.4 Å². The highest BCUT2D eigenvalue weighted by Gasteiger charge is 1.93. The minimum atomic E-state index is 0.240. The highest BCUT2D eigenvalue weighted by molar-refractivity contribution is 5.13. The van der Waals surface area contributed by atoms with E-state index in [0.29, 0.717) is 26.8 Å². The van der Waals surface area contributed by atoms with Gasteiger partial charge >= 0.3 is 0 Å². The molecule has 26 heavy (non-hydrogen) atoms. The van der Waals surface area contributed by atoms with Crippen LogP contribution in [0.4, 0.5) is 0 Å². The molecule has 6 heteroatoms. The summed E-state index contributed by atoms with van der Waals surface area (Å²) in [5, 5.41) is 0. The van der Waals surface area contributed by atoms with E-state index in [0.717, 1.165) is 11.1 Å². The van der Waals surface area contributed by atoms with Gasteiger partial charge in [0.15, 0.2) is 0 Å². The molecule has 6 nitrogen and oxygen atoms in total. The summed E-state index contributed by atoms with van der Waals surface area (Å²) in [5.41, 5.74) is 2.27. The minimum absolute atomic E-state index is 0.240. The number of methoxy groups -OCH3 is 2. The first kappa shape index (κ1) is 22.2. The number of hydrogen-bond donors (Lipinski definition) is 0. The van der Waals surface area contributed by atoms with Crippen molar-refractivity contribution in [2.75, 3.05) is 41.4 Å². The van der Waals surface area contributed by atoms with E-state index in [-0.39, 0.29) is 13.6 Å². The van der Waals surface area contributed by atoms with Crippen molar-refractivity contribution in [2.45, 2.75) is 13.2 Å². The normalized spacial score (nSPS) is 10.2. The van der Waals surface area contributed by atoms with E-state index in [1.165, 1.54) is 0 Å². The van der Waals surface area contributed by atoms with E-state index in [4.69, 9.17) is 14.2 Å². The molecule has 0 radical (unpaired) electrons. The largest absolute Gasteiger partial charge is 0.359 e. The fraction of sp³-hybridized carbons (Fsp3) is 0.400. The first-order valence-corrected chi connectivity index (χ1v) is 8.23. The molecule has 0 aliphatic carbocycles. The maximum atomic E-state index is 5.37. The second-order valence-corrected chi connectivity index (χ2v) is 5.13. The number of rotatable bonds is 12. The van der Waals surface area contributed by atoms with Gasteiger partial charge < -0.3 is 28.4 Å². The Morgan fingerprint density at radius 2 is 0.885 bits per heavy atom. The molecule has 0 aromatic heterocycles. The Bertz CT molecular complexity index is 473. The molecule has 0 unspecified atom stereocenters. The maximum Gasteiger partial charge on any atom is 0.150 e. The molecule has 0 heterocycles. The number of benzene rings is 2. The summed E-state index contributed by atoms with van der Waals surface area (Å²) in [6, 6.07) is 20.0. The van der Waals surface area contributed by atoms with E-state index in [2.05, 4.69) is 14.2 Å². The van der Waals surface area contributed by atoms with Crippen LogP contribution in [0, 0.1) is 0 Å². The Morgan fingerprint density at radius 3 is 1.27 bits per heavy atom. The fourth-order valence-electron chi connectivity index (χ4n) is 1.82. The second-order valence-electron chi connectivity index (χ2n) is 5.13. The van der Waals surface area contributed by atoms with E-state index < -0.39 is 0 Å². The summed E-state index contributed by atoms with van der Waals surface area (Å²) in [7, 11) is 3.13. The molecule has 2 aromatic rings. The SMILES string of the molecule is COCOCOC.c1ccc(COCOCOCc2ccccc2)cc1. The van der Waals surface area contributed by atoms with Crippen molar-refractivity contribution in [3.05, 3.63) is 71.8 Å². The Kier molecular flexibility index (Phi) is 14.2. The smallest absolute Gasteiger partial charge is 0.150 e. The maximum absolute atomic E-state index is 5.37. The summed E-state index contributed by atoms with van der Waals surface area (Å²) in [6.07, 6.45) is 0. The average Bonchev–Trinajstić information content (AvgIpc) is 2.70. The van der Waals surface area contributed by atoms with Crippen LogP contribution in [0.1, 0.15) is 11.1 Å². The van der Waals surface area contributed by atoms with Gasteiger partial charge in [-0.15, -0.1) is 0 Å². The van der Waals surface area contributed by atoms with Crippen molar-refractivity contribution in [3.63, 3.8) is 0 Å². The van der Waals surface area contributed by atoms with Crippen LogP contribution >= 0.6 is 0 Å². The monoisotopic (exact) mass is 364 g/mol. The predicted molar refractivity (Wildman–Crippen MR) is 98.1 cm³/mol. The molecule has 144 valence electrons. The first-order valence-electron chi connectivity index (χ1n) is 8.23. The zero-order valence-electron chi connectivity index (χ0n) is 15.5. The average molecular weight is 364 g/mol. The standard InChI is InChI=1S/C16H18O3.C4H10O3/c1-3-7-15(8-4-1)11-17-13-19-14-18-12-16-9-5-2-6-10-16;1-5-3-7-4-6-2/h1-10H,11-14H2;3-4H2,1-2H3. The van der Waals surface area contributed by atoms with Gasteiger partial charge in [-0.05, 0) is 11.1 Å². The van der Waals surface area contributed by atoms with E-state index in [1.54, 1.807) is 14.2 Å². The lowest BCUT2D eigenvalue weighted by atomic mass is 10.2. The fourth-order valence-corrected chi connectivity index (χ4v) is 1.82. The topological polar surface area (TPSA) is 55.4 Å². The quantitative estimate of drug-likeness (QED) is 0.424. The third-order valence-electron chi connectivity index (χ3n) is 2.96. The Hall–Kier alpha value is -1.80. The van der Waals surface area contributed by atoms with Crippen molar-refractivity contribution >= 4 is 0 Å². The molecule has 0 spiro atoms. The molecule has 0 saturated heterocycles. The predicted octanol–water partition coefficient (Wildman–Crippen LogP) is 3.56. The van der Waals surface area contributed by atoms with Crippen LogP contribution in [0.5, 0.6) is 0 Å². The van der Waals surface area contributed by atoms with Crippen molar-refractivity contribution in [1.29, 1.82) is 0 Å². The Balaban J connectivity index is 0.000000412. The van der Waals surface area contributed by atoms with Gasteiger partial charge in [-0.25, -0.2) is 0 Å². The van der Waals surface area contributed by atoms with Gasteiger partial charge in [-0.1, -0.05) is 60.7 Å². The molecule has 0 fully saturated rings. The molecule has 0 amide bonds. The second kappa shape index (κ2) is 16.7. The van der Waals surface area contributed by atoms with Crippen molar-refractivity contribution in [3.8, 4) is 0 Å². The molecule has 0 saturated carbocycles. The zero-order chi connectivity index (χ0) is 18.7. The highest BCUT2D eigenvalue weighted by atomic mass is 16.7. The van der Waals surface area contributed by atoms with Gasteiger partial charge in [-0.2, -0.15) is 0 Å². The summed E-state index contributed by atoms with van der Waals surface area (Å²) in [6.45, 7) is 2.19. The van der Waals surface area contributed by atoms with Crippen LogP contribution in [-0.4, -0.2) is 41.4 Å². The third kappa shape index (κ3) is 12.5. The molecule has 2 rings (SSSR count). The van der Waals surface area contributed by atoms with Gasteiger partial charge in [0.25, 0.3) is 0 Å². The number of ether oxygens (including phenoxy) is 6. The molecule has 0 bridgehead atoms. The molecular formula is C20H28O6. The molecule has 0 aliphatic heterocycles. The van der Waals surface area contributed by atoms with Gasteiger partial charge in [0.2, 0.25) is 0 Å². The molecular weight excluding hydrogens is 336 g/mol. The van der Waals surface area contributed by atoms with Crippen molar-refractivity contribution in [2.24, 2.45) is 0 Å². The van der Waals surface area contributed by atoms with Gasteiger partial charge in [-0.3, -0.25) is 0 Å².